The zero-order valence-corrected chi connectivity index (χ0v) is 11.0. The summed E-state index contributed by atoms with van der Waals surface area (Å²) >= 11 is 0. The average molecular weight is 311 g/mol. The van der Waals surface area contributed by atoms with E-state index < -0.39 is 30.5 Å². The van der Waals surface area contributed by atoms with E-state index in [-0.39, 0.29) is 28.9 Å². The van der Waals surface area contributed by atoms with E-state index in [1.54, 1.807) is 0 Å². The maximum absolute atomic E-state index is 12.0. The van der Waals surface area contributed by atoms with E-state index in [1.807, 2.05) is 0 Å². The number of aliphatic hydroxyl groups excluding tert-OH is 3. The number of nitrogens with zero attached hydrogens (tertiary/aromatic N) is 3. The van der Waals surface area contributed by atoms with Crippen LogP contribution in [-0.2, 0) is 9.53 Å². The minimum atomic E-state index is -1.65. The summed E-state index contributed by atoms with van der Waals surface area (Å²) in [7, 11) is 0. The van der Waals surface area contributed by atoms with Crippen LogP contribution in [0.1, 0.15) is 0 Å². The molecular weight excluding hydrogens is 298 g/mol. The second kappa shape index (κ2) is 5.03. The number of fused-ring (bicyclic) bond motifs is 1. The maximum Gasteiger partial charge on any atom is 0.258 e. The Labute approximate surface area is 122 Å². The van der Waals surface area contributed by atoms with E-state index in [1.165, 1.54) is 0 Å². The van der Waals surface area contributed by atoms with Crippen LogP contribution in [0.15, 0.2) is 0 Å². The molecule has 0 aromatic carbocycles. The lowest BCUT2D eigenvalue weighted by Crippen LogP contribution is -2.39. The van der Waals surface area contributed by atoms with Crippen molar-refractivity contribution in [1.29, 1.82) is 0 Å². The molecule has 1 aliphatic heterocycles. The van der Waals surface area contributed by atoms with Gasteiger partial charge in [0.2, 0.25) is 11.9 Å². The summed E-state index contributed by atoms with van der Waals surface area (Å²) in [6.45, 7) is 0. The normalized spacial score (nSPS) is 28.1. The number of imidazole rings is 1. The van der Waals surface area contributed by atoms with Gasteiger partial charge in [0.05, 0.1) is 0 Å². The molecule has 12 heteroatoms. The SMILES string of the molecule is Nc1nc(N)c2[nH]c(NC(=O)[C@H]3OC(O)[C@H](O)[C@@H]3O)nc2n1. The molecule has 0 aliphatic carbocycles. The van der Waals surface area contributed by atoms with E-state index in [0.717, 1.165) is 0 Å². The topological polar surface area (TPSA) is 206 Å². The number of hydrogen-bond donors (Lipinski definition) is 7. The van der Waals surface area contributed by atoms with Crippen LogP contribution in [0.2, 0.25) is 0 Å². The fraction of sp³-hybridized carbons (Fsp3) is 0.400. The van der Waals surface area contributed by atoms with Crippen LogP contribution in [0.4, 0.5) is 17.7 Å². The minimum Gasteiger partial charge on any atom is -0.387 e. The largest absolute Gasteiger partial charge is 0.387 e. The first-order valence-corrected chi connectivity index (χ1v) is 6.16. The number of nitrogen functional groups attached to an aromatic ring is 2. The lowest BCUT2D eigenvalue weighted by Gasteiger charge is -2.12. The van der Waals surface area contributed by atoms with Crippen molar-refractivity contribution in [3.8, 4) is 0 Å². The molecule has 1 unspecified atom stereocenters. The Kier molecular flexibility index (Phi) is 3.29. The van der Waals surface area contributed by atoms with Crippen molar-refractivity contribution in [2.45, 2.75) is 24.6 Å². The summed E-state index contributed by atoms with van der Waals surface area (Å²) in [5.74, 6) is -0.867. The van der Waals surface area contributed by atoms with Crippen LogP contribution in [0.3, 0.4) is 0 Å². The van der Waals surface area contributed by atoms with Gasteiger partial charge in [-0.05, 0) is 0 Å². The summed E-state index contributed by atoms with van der Waals surface area (Å²) in [4.78, 5) is 26.2. The molecule has 1 aliphatic rings. The maximum atomic E-state index is 12.0. The number of nitrogens with one attached hydrogen (secondary N) is 2. The Morgan fingerprint density at radius 1 is 1.18 bits per heavy atom. The second-order valence-corrected chi connectivity index (χ2v) is 4.67. The Bertz CT molecular complexity index is 734. The molecule has 0 spiro atoms. The number of ether oxygens (including phenoxy) is 1. The molecule has 118 valence electrons. The molecule has 0 bridgehead atoms. The van der Waals surface area contributed by atoms with Gasteiger partial charge in [-0.25, -0.2) is 0 Å². The molecular formula is C10H13N7O5. The number of amides is 1. The molecule has 1 amide bonds. The van der Waals surface area contributed by atoms with Crippen LogP contribution >= 0.6 is 0 Å². The highest BCUT2D eigenvalue weighted by molar-refractivity contribution is 5.95. The summed E-state index contributed by atoms with van der Waals surface area (Å²) in [6.07, 6.45) is -6.25. The van der Waals surface area contributed by atoms with Gasteiger partial charge in [-0.3, -0.25) is 10.1 Å². The van der Waals surface area contributed by atoms with Crippen LogP contribution in [0, 0.1) is 0 Å². The first-order valence-electron chi connectivity index (χ1n) is 6.16. The molecule has 2 aromatic rings. The van der Waals surface area contributed by atoms with Crippen LogP contribution < -0.4 is 16.8 Å². The zero-order chi connectivity index (χ0) is 16.0. The van der Waals surface area contributed by atoms with Crippen LogP contribution in [0.5, 0.6) is 0 Å². The lowest BCUT2D eigenvalue weighted by molar-refractivity contribution is -0.147. The number of hydrogen-bond acceptors (Lipinski definition) is 10. The van der Waals surface area contributed by atoms with E-state index in [4.69, 9.17) is 16.2 Å². The van der Waals surface area contributed by atoms with Gasteiger partial charge in [-0.15, -0.1) is 0 Å². The van der Waals surface area contributed by atoms with Crippen molar-refractivity contribution in [3.63, 3.8) is 0 Å². The fourth-order valence-electron chi connectivity index (χ4n) is 2.06. The molecule has 4 atom stereocenters. The van der Waals surface area contributed by atoms with Gasteiger partial charge in [0, 0.05) is 0 Å². The molecule has 0 radical (unpaired) electrons. The van der Waals surface area contributed by atoms with Crippen molar-refractivity contribution in [1.82, 2.24) is 19.9 Å². The Morgan fingerprint density at radius 2 is 1.91 bits per heavy atom. The summed E-state index contributed by atoms with van der Waals surface area (Å²) in [5, 5.41) is 30.5. The highest BCUT2D eigenvalue weighted by atomic mass is 16.6. The predicted octanol–water partition coefficient (Wildman–Crippen LogP) is -3.11. The van der Waals surface area contributed by atoms with Crippen molar-refractivity contribution >= 4 is 34.8 Å². The molecule has 12 nitrogen and oxygen atoms in total. The Hall–Kier alpha value is -2.54. The molecule has 1 saturated heterocycles. The van der Waals surface area contributed by atoms with Gasteiger partial charge >= 0.3 is 0 Å². The van der Waals surface area contributed by atoms with Gasteiger partial charge in [0.15, 0.2) is 23.9 Å². The third-order valence-electron chi connectivity index (χ3n) is 3.13. The first kappa shape index (κ1) is 14.4. The molecule has 22 heavy (non-hydrogen) atoms. The average Bonchev–Trinajstić information content (AvgIpc) is 2.95. The van der Waals surface area contributed by atoms with Gasteiger partial charge < -0.3 is 36.5 Å². The zero-order valence-electron chi connectivity index (χ0n) is 11.0. The summed E-state index contributed by atoms with van der Waals surface area (Å²) in [6, 6.07) is 0. The van der Waals surface area contributed by atoms with Gasteiger partial charge in [-0.2, -0.15) is 15.0 Å². The lowest BCUT2D eigenvalue weighted by atomic mass is 10.1. The smallest absolute Gasteiger partial charge is 0.258 e. The number of anilines is 3. The quantitative estimate of drug-likeness (QED) is 0.297. The molecule has 1 fully saturated rings. The van der Waals surface area contributed by atoms with Gasteiger partial charge in [0.1, 0.15) is 17.7 Å². The summed E-state index contributed by atoms with van der Waals surface area (Å²) < 4.78 is 4.77. The number of H-pyrrole nitrogens is 1. The second-order valence-electron chi connectivity index (χ2n) is 4.67. The van der Waals surface area contributed by atoms with E-state index in [2.05, 4.69) is 25.3 Å². The van der Waals surface area contributed by atoms with E-state index in [0.29, 0.717) is 0 Å². The molecule has 3 rings (SSSR count). The standard InChI is InChI=1S/C10H13N7O5/c11-5-1-6(15-9(12)14-5)16-10(13-1)17-7(20)4-2(18)3(19)8(21)22-4/h2-4,8,18-19,21H,(H6,11,12,13,14,15,16,17,20)/t2-,3+,4-,8?/m0/s1. The highest BCUT2D eigenvalue weighted by Gasteiger charge is 2.45. The number of aliphatic hydroxyl groups is 3. The molecule has 3 heterocycles. The van der Waals surface area contributed by atoms with Gasteiger partial charge in [0.25, 0.3) is 5.91 Å². The Morgan fingerprint density at radius 3 is 2.55 bits per heavy atom. The fourth-order valence-corrected chi connectivity index (χ4v) is 2.06. The van der Waals surface area contributed by atoms with Crippen molar-refractivity contribution < 1.29 is 24.9 Å². The third-order valence-corrected chi connectivity index (χ3v) is 3.13. The third kappa shape index (κ3) is 2.29. The number of aromatic nitrogens is 4. The van der Waals surface area contributed by atoms with Crippen molar-refractivity contribution in [3.05, 3.63) is 0 Å². The summed E-state index contributed by atoms with van der Waals surface area (Å²) in [5.41, 5.74) is 11.5. The minimum absolute atomic E-state index is 0.0294. The molecule has 0 saturated carbocycles. The first-order chi connectivity index (χ1) is 10.4. The predicted molar refractivity (Wildman–Crippen MR) is 72.0 cm³/mol. The molecule has 2 aromatic heterocycles. The monoisotopic (exact) mass is 311 g/mol. The number of aromatic amines is 1. The van der Waals surface area contributed by atoms with E-state index >= 15 is 0 Å². The number of carbonyl (C=O) groups excluding carboxylic acids is 1. The van der Waals surface area contributed by atoms with Crippen LogP contribution in [0.25, 0.3) is 11.2 Å². The van der Waals surface area contributed by atoms with Gasteiger partial charge in [-0.1, -0.05) is 0 Å². The number of nitrogens with two attached hydrogens (primary N) is 2. The highest BCUT2D eigenvalue weighted by Crippen LogP contribution is 2.22. The number of rotatable bonds is 2. The number of carbonyl (C=O) groups is 1. The van der Waals surface area contributed by atoms with Crippen molar-refractivity contribution in [2.24, 2.45) is 0 Å². The molecule has 9 N–H and O–H groups in total. The van der Waals surface area contributed by atoms with Crippen molar-refractivity contribution in [2.75, 3.05) is 16.8 Å². The van der Waals surface area contributed by atoms with Crippen LogP contribution in [-0.4, -0.2) is 65.8 Å². The van der Waals surface area contributed by atoms with E-state index in [9.17, 15) is 20.1 Å². The Balaban J connectivity index is 1.81.